The van der Waals surface area contributed by atoms with Crippen LogP contribution in [-0.2, 0) is 19.4 Å². The van der Waals surface area contributed by atoms with Gasteiger partial charge in [-0.3, -0.25) is 6.08 Å². The first kappa shape index (κ1) is 16.6. The molecule has 1 aromatic carbocycles. The normalized spacial score (nSPS) is 16.5. The van der Waals surface area contributed by atoms with Gasteiger partial charge < -0.3 is 4.74 Å². The number of hydrogen-bond acceptors (Lipinski definition) is 1. The van der Waals surface area contributed by atoms with Crippen LogP contribution in [0.1, 0.15) is 30.4 Å². The van der Waals surface area contributed by atoms with Crippen LogP contribution in [0, 0.1) is 6.08 Å². The molecule has 1 aliphatic rings. The molecule has 1 aromatic rings. The van der Waals surface area contributed by atoms with Gasteiger partial charge >= 0.3 is 42.6 Å². The third-order valence-corrected chi connectivity index (χ3v) is 2.74. The summed E-state index contributed by atoms with van der Waals surface area (Å²) < 4.78 is 5.10. The van der Waals surface area contributed by atoms with E-state index in [0.29, 0.717) is 5.92 Å². The molecular formula is C13H15Cl3OTi. The van der Waals surface area contributed by atoms with Crippen LogP contribution in [0.15, 0.2) is 24.3 Å². The zero-order valence-corrected chi connectivity index (χ0v) is 14.2. The number of rotatable bonds is 3. The van der Waals surface area contributed by atoms with Gasteiger partial charge in [-0.15, -0.1) is 11.6 Å². The van der Waals surface area contributed by atoms with E-state index in [1.54, 1.807) is 7.11 Å². The Morgan fingerprint density at radius 2 is 1.89 bits per heavy atom. The van der Waals surface area contributed by atoms with E-state index in [4.69, 9.17) is 32.7 Å². The first-order valence-corrected chi connectivity index (χ1v) is 12.0. The van der Waals surface area contributed by atoms with Gasteiger partial charge in [0.2, 0.25) is 0 Å². The molecule has 0 N–H and O–H groups in total. The summed E-state index contributed by atoms with van der Waals surface area (Å²) in [5.74, 6) is 0.436. The quantitative estimate of drug-likeness (QED) is 0.549. The number of hydrogen-bond donors (Lipinski definition) is 0. The Labute approximate surface area is 127 Å². The molecule has 0 fully saturated rings. The fourth-order valence-corrected chi connectivity index (χ4v) is 2.02. The van der Waals surface area contributed by atoms with Gasteiger partial charge in [-0.2, -0.15) is 5.56 Å². The topological polar surface area (TPSA) is 9.23 Å². The second-order valence-electron chi connectivity index (χ2n) is 3.90. The van der Waals surface area contributed by atoms with Gasteiger partial charge in [0.15, 0.2) is 0 Å². The number of fused-ring (bicyclic) bond motifs is 1. The van der Waals surface area contributed by atoms with E-state index in [-0.39, 0.29) is 0 Å². The van der Waals surface area contributed by atoms with Crippen molar-refractivity contribution in [2.45, 2.75) is 19.3 Å². The second kappa shape index (κ2) is 8.63. The fourth-order valence-electron chi connectivity index (χ4n) is 2.02. The zero-order valence-electron chi connectivity index (χ0n) is 10.3. The predicted molar refractivity (Wildman–Crippen MR) is 75.6 cm³/mol. The standard InChI is InChI=1S/C13H15O.3ClH.Ti/c1-10-9-11(7-8-14-2)13-6-4-3-5-12(10)13;;;;/h3-6,11H,7-8H2,1-2H3;3*1H;/q-1;;;;+4/p-3. The van der Waals surface area contributed by atoms with Gasteiger partial charge in [0.05, 0.1) is 0 Å². The van der Waals surface area contributed by atoms with E-state index >= 15 is 0 Å². The molecule has 0 bridgehead atoms. The van der Waals surface area contributed by atoms with E-state index in [9.17, 15) is 0 Å². The van der Waals surface area contributed by atoms with Crippen LogP contribution in [0.4, 0.5) is 0 Å². The molecule has 2 rings (SSSR count). The van der Waals surface area contributed by atoms with Crippen LogP contribution >= 0.6 is 27.9 Å². The van der Waals surface area contributed by atoms with Gasteiger partial charge in [-0.05, 0) is 6.42 Å². The number of ether oxygens (including phenoxy) is 1. The van der Waals surface area contributed by atoms with Crippen LogP contribution in [0.3, 0.4) is 0 Å². The summed E-state index contributed by atoms with van der Waals surface area (Å²) in [6, 6.07) is 8.55. The van der Waals surface area contributed by atoms with Crippen LogP contribution in [0.2, 0.25) is 0 Å². The Morgan fingerprint density at radius 1 is 1.28 bits per heavy atom. The fraction of sp³-hybridized carbons (Fsp3) is 0.385. The SMILES string of the molecule is COCCC1[C-]=C(C)c2ccccc21.[Cl][Ti+]([Cl])[Cl]. The van der Waals surface area contributed by atoms with E-state index in [1.165, 1.54) is 16.7 Å². The zero-order chi connectivity index (χ0) is 13.5. The summed E-state index contributed by atoms with van der Waals surface area (Å²) in [4.78, 5) is 0. The van der Waals surface area contributed by atoms with Crippen LogP contribution in [0.5, 0.6) is 0 Å². The Balaban J connectivity index is 0.000000357. The summed E-state index contributed by atoms with van der Waals surface area (Å²) in [5.41, 5.74) is 4.04. The van der Waals surface area contributed by atoms with Crippen molar-refractivity contribution < 1.29 is 19.4 Å². The number of halogens is 3. The molecule has 1 aliphatic carbocycles. The Morgan fingerprint density at radius 3 is 2.50 bits per heavy atom. The Hall–Kier alpha value is 0.504. The van der Waals surface area contributed by atoms with Crippen molar-refractivity contribution in [2.24, 2.45) is 0 Å². The number of benzene rings is 1. The summed E-state index contributed by atoms with van der Waals surface area (Å²) in [6.07, 6.45) is 4.52. The molecule has 1 unspecified atom stereocenters. The molecule has 0 spiro atoms. The van der Waals surface area contributed by atoms with Crippen molar-refractivity contribution in [3.05, 3.63) is 41.5 Å². The molecule has 0 aromatic heterocycles. The summed E-state index contributed by atoms with van der Waals surface area (Å²) in [6.45, 7) is 2.94. The third kappa shape index (κ3) is 5.24. The van der Waals surface area contributed by atoms with E-state index < -0.39 is 14.7 Å². The molecular weight excluding hydrogens is 326 g/mol. The molecule has 0 amide bonds. The van der Waals surface area contributed by atoms with Gasteiger partial charge in [0.1, 0.15) is 0 Å². The van der Waals surface area contributed by atoms with Crippen LogP contribution in [0.25, 0.3) is 5.57 Å². The molecule has 0 saturated heterocycles. The maximum absolute atomic E-state index is 5.10. The third-order valence-electron chi connectivity index (χ3n) is 2.74. The second-order valence-corrected chi connectivity index (χ2v) is 11.6. The minimum atomic E-state index is -1.92. The van der Waals surface area contributed by atoms with E-state index in [2.05, 4.69) is 37.3 Å². The monoisotopic (exact) mass is 340 g/mol. The van der Waals surface area contributed by atoms with Crippen molar-refractivity contribution in [2.75, 3.05) is 13.7 Å². The Bertz CT molecular complexity index is 404. The molecule has 0 heterocycles. The van der Waals surface area contributed by atoms with E-state index in [0.717, 1.165) is 13.0 Å². The molecule has 98 valence electrons. The van der Waals surface area contributed by atoms with E-state index in [1.807, 2.05) is 0 Å². The van der Waals surface area contributed by atoms with Gasteiger partial charge in [-0.25, -0.2) is 5.57 Å². The van der Waals surface area contributed by atoms with Crippen molar-refractivity contribution in [3.63, 3.8) is 0 Å². The summed E-state index contributed by atoms with van der Waals surface area (Å²) >= 11 is -1.92. The summed E-state index contributed by atoms with van der Waals surface area (Å²) in [5, 5.41) is 0. The number of allylic oxidation sites excluding steroid dienone is 2. The maximum atomic E-state index is 5.10. The molecule has 18 heavy (non-hydrogen) atoms. The minimum absolute atomic E-state index is 0.436. The first-order chi connectivity index (χ1) is 8.56. The first-order valence-electron chi connectivity index (χ1n) is 5.58. The van der Waals surface area contributed by atoms with Gasteiger partial charge in [0.25, 0.3) is 0 Å². The van der Waals surface area contributed by atoms with Crippen molar-refractivity contribution in [1.82, 2.24) is 0 Å². The summed E-state index contributed by atoms with van der Waals surface area (Å²) in [7, 11) is 16.7. The number of methoxy groups -OCH3 is 1. The van der Waals surface area contributed by atoms with Crippen molar-refractivity contribution in [3.8, 4) is 0 Å². The van der Waals surface area contributed by atoms with Crippen LogP contribution in [-0.4, -0.2) is 13.7 Å². The van der Waals surface area contributed by atoms with Crippen molar-refractivity contribution >= 4 is 33.5 Å². The molecule has 0 saturated carbocycles. The molecule has 1 atom stereocenters. The van der Waals surface area contributed by atoms with Crippen LogP contribution < -0.4 is 0 Å². The average Bonchev–Trinajstić information content (AvgIpc) is 2.64. The van der Waals surface area contributed by atoms with Gasteiger partial charge in [0, 0.05) is 13.7 Å². The molecule has 5 heteroatoms. The van der Waals surface area contributed by atoms with Gasteiger partial charge in [-0.1, -0.05) is 31.0 Å². The Kier molecular flexibility index (Phi) is 7.94. The predicted octanol–water partition coefficient (Wildman–Crippen LogP) is 5.09. The average molecular weight is 341 g/mol. The molecule has 0 radical (unpaired) electrons. The molecule has 1 nitrogen and oxygen atoms in total. The van der Waals surface area contributed by atoms with Crippen molar-refractivity contribution in [1.29, 1.82) is 0 Å². The molecule has 0 aliphatic heterocycles.